The number of benzene rings is 1. The maximum atomic E-state index is 13.0. The maximum Gasteiger partial charge on any atom is 0.263 e. The second-order valence-electron chi connectivity index (χ2n) is 6.67. The van der Waals surface area contributed by atoms with Gasteiger partial charge in [0.05, 0.1) is 30.0 Å². The Bertz CT molecular complexity index is 903. The van der Waals surface area contributed by atoms with Crippen molar-refractivity contribution < 1.29 is 9.53 Å². The molecule has 1 aromatic carbocycles. The number of aromatic nitrogens is 1. The molecule has 1 aliphatic heterocycles. The molecule has 0 aliphatic carbocycles. The number of thiazole rings is 1. The first-order valence-electron chi connectivity index (χ1n) is 9.38. The SMILES string of the molecule is Cc1nc(-c2ccccc2)c(C(=O)NC[C@H](c2cccs2)N2CCOCC2)s1. The van der Waals surface area contributed by atoms with Gasteiger partial charge in [-0.05, 0) is 18.4 Å². The van der Waals surface area contributed by atoms with E-state index < -0.39 is 0 Å². The number of hydrogen-bond acceptors (Lipinski definition) is 6. The van der Waals surface area contributed by atoms with Crippen molar-refractivity contribution in [1.82, 2.24) is 15.2 Å². The molecule has 0 saturated carbocycles. The number of ether oxygens (including phenoxy) is 1. The molecule has 3 aromatic rings. The highest BCUT2D eigenvalue weighted by molar-refractivity contribution is 7.14. The fourth-order valence-electron chi connectivity index (χ4n) is 3.42. The highest BCUT2D eigenvalue weighted by Gasteiger charge is 2.25. The van der Waals surface area contributed by atoms with Crippen LogP contribution in [-0.2, 0) is 4.74 Å². The van der Waals surface area contributed by atoms with Crippen LogP contribution in [0.5, 0.6) is 0 Å². The molecule has 1 atom stereocenters. The van der Waals surface area contributed by atoms with Gasteiger partial charge in [0.15, 0.2) is 0 Å². The third-order valence-corrected chi connectivity index (χ3v) is 6.74. The van der Waals surface area contributed by atoms with E-state index in [0.29, 0.717) is 11.4 Å². The molecule has 146 valence electrons. The van der Waals surface area contributed by atoms with E-state index in [1.165, 1.54) is 16.2 Å². The second-order valence-corrected chi connectivity index (χ2v) is 8.85. The molecular weight excluding hydrogens is 390 g/mol. The molecular formula is C21H23N3O2S2. The first-order chi connectivity index (χ1) is 13.7. The van der Waals surface area contributed by atoms with Gasteiger partial charge in [-0.2, -0.15) is 0 Å². The smallest absolute Gasteiger partial charge is 0.263 e. The van der Waals surface area contributed by atoms with Gasteiger partial charge in [-0.15, -0.1) is 22.7 Å². The van der Waals surface area contributed by atoms with Crippen molar-refractivity contribution in [3.8, 4) is 11.3 Å². The average molecular weight is 414 g/mol. The lowest BCUT2D eigenvalue weighted by Gasteiger charge is -2.34. The largest absolute Gasteiger partial charge is 0.379 e. The Morgan fingerprint density at radius 2 is 2.00 bits per heavy atom. The summed E-state index contributed by atoms with van der Waals surface area (Å²) < 4.78 is 5.50. The molecule has 5 nitrogen and oxygen atoms in total. The van der Waals surface area contributed by atoms with Gasteiger partial charge in [-0.3, -0.25) is 9.69 Å². The Balaban J connectivity index is 1.51. The fraction of sp³-hybridized carbons (Fsp3) is 0.333. The molecule has 1 aliphatic rings. The highest BCUT2D eigenvalue weighted by Crippen LogP contribution is 2.29. The molecule has 1 saturated heterocycles. The third-order valence-electron chi connectivity index (χ3n) is 4.80. The van der Waals surface area contributed by atoms with E-state index in [9.17, 15) is 4.79 Å². The maximum absolute atomic E-state index is 13.0. The van der Waals surface area contributed by atoms with Gasteiger partial charge in [-0.25, -0.2) is 4.98 Å². The molecule has 28 heavy (non-hydrogen) atoms. The Hall–Kier alpha value is -2.06. The van der Waals surface area contributed by atoms with Crippen LogP contribution in [0.4, 0.5) is 0 Å². The van der Waals surface area contributed by atoms with Crippen LogP contribution in [0.1, 0.15) is 25.6 Å². The normalized spacial score (nSPS) is 16.0. The molecule has 0 radical (unpaired) electrons. The predicted molar refractivity (Wildman–Crippen MR) is 114 cm³/mol. The van der Waals surface area contributed by atoms with Crippen molar-refractivity contribution in [2.45, 2.75) is 13.0 Å². The molecule has 1 N–H and O–H groups in total. The van der Waals surface area contributed by atoms with Gasteiger partial charge in [0.2, 0.25) is 0 Å². The third kappa shape index (κ3) is 4.33. The highest BCUT2D eigenvalue weighted by atomic mass is 32.1. The standard InChI is InChI=1S/C21H23N3O2S2/c1-15-23-19(16-6-3-2-4-7-16)20(28-15)21(25)22-14-17(18-8-5-13-27-18)24-9-11-26-12-10-24/h2-8,13,17H,9-12,14H2,1H3,(H,22,25)/t17-/m1/s1. The molecule has 3 heterocycles. The van der Waals surface area contributed by atoms with Crippen LogP contribution in [0.15, 0.2) is 47.8 Å². The van der Waals surface area contributed by atoms with E-state index in [1.54, 1.807) is 11.3 Å². The van der Waals surface area contributed by atoms with Crippen molar-refractivity contribution in [3.05, 3.63) is 62.6 Å². The summed E-state index contributed by atoms with van der Waals surface area (Å²) in [6.45, 7) is 5.76. The van der Waals surface area contributed by atoms with Gasteiger partial charge in [0.25, 0.3) is 5.91 Å². The Morgan fingerprint density at radius 3 is 2.71 bits per heavy atom. The van der Waals surface area contributed by atoms with Gasteiger partial charge in [0.1, 0.15) is 4.88 Å². The Labute approximate surface area is 173 Å². The van der Waals surface area contributed by atoms with Crippen LogP contribution in [0.3, 0.4) is 0 Å². The van der Waals surface area contributed by atoms with Crippen LogP contribution in [0.25, 0.3) is 11.3 Å². The van der Waals surface area contributed by atoms with Gasteiger partial charge >= 0.3 is 0 Å². The number of rotatable bonds is 6. The molecule has 0 bridgehead atoms. The van der Waals surface area contributed by atoms with Gasteiger partial charge < -0.3 is 10.1 Å². The zero-order valence-corrected chi connectivity index (χ0v) is 17.4. The van der Waals surface area contributed by atoms with Crippen LogP contribution >= 0.6 is 22.7 Å². The van der Waals surface area contributed by atoms with Crippen LogP contribution < -0.4 is 5.32 Å². The lowest BCUT2D eigenvalue weighted by Crippen LogP contribution is -2.43. The number of carbonyl (C=O) groups is 1. The van der Waals surface area contributed by atoms with E-state index >= 15 is 0 Å². The summed E-state index contributed by atoms with van der Waals surface area (Å²) in [5.41, 5.74) is 1.74. The average Bonchev–Trinajstić information content (AvgIpc) is 3.39. The topological polar surface area (TPSA) is 54.5 Å². The van der Waals surface area contributed by atoms with Crippen molar-refractivity contribution >= 4 is 28.6 Å². The zero-order chi connectivity index (χ0) is 19.3. The number of hydrogen-bond donors (Lipinski definition) is 1. The summed E-state index contributed by atoms with van der Waals surface area (Å²) in [6.07, 6.45) is 0. The summed E-state index contributed by atoms with van der Waals surface area (Å²) >= 11 is 3.18. The van der Waals surface area contributed by atoms with Crippen molar-refractivity contribution in [2.75, 3.05) is 32.8 Å². The lowest BCUT2D eigenvalue weighted by molar-refractivity contribution is 0.0169. The molecule has 4 rings (SSSR count). The minimum absolute atomic E-state index is 0.0562. The van der Waals surface area contributed by atoms with Crippen molar-refractivity contribution in [3.63, 3.8) is 0 Å². The molecule has 2 aromatic heterocycles. The second kappa shape index (κ2) is 8.96. The summed E-state index contributed by atoms with van der Waals surface area (Å²) in [6, 6.07) is 14.3. The fourth-order valence-corrected chi connectivity index (χ4v) is 5.14. The number of thiophene rings is 1. The summed E-state index contributed by atoms with van der Waals surface area (Å²) in [5, 5.41) is 6.15. The number of nitrogens with zero attached hydrogens (tertiary/aromatic N) is 2. The Morgan fingerprint density at radius 1 is 1.21 bits per heavy atom. The number of carbonyl (C=O) groups excluding carboxylic acids is 1. The first kappa shape index (κ1) is 19.3. The van der Waals surface area contributed by atoms with Crippen LogP contribution in [0, 0.1) is 6.92 Å². The number of amides is 1. The summed E-state index contributed by atoms with van der Waals surface area (Å²) in [7, 11) is 0. The molecule has 0 spiro atoms. The molecule has 0 unspecified atom stereocenters. The predicted octanol–water partition coefficient (Wildman–Crippen LogP) is 3.98. The van der Waals surface area contributed by atoms with E-state index in [2.05, 4.69) is 32.7 Å². The number of nitrogens with one attached hydrogen (secondary N) is 1. The summed E-state index contributed by atoms with van der Waals surface area (Å²) in [4.78, 5) is 22.0. The van der Waals surface area contributed by atoms with Gasteiger partial charge in [-0.1, -0.05) is 36.4 Å². The van der Waals surface area contributed by atoms with Gasteiger partial charge in [0, 0.05) is 30.1 Å². The summed E-state index contributed by atoms with van der Waals surface area (Å²) in [5.74, 6) is -0.0562. The van der Waals surface area contributed by atoms with Crippen LogP contribution in [0.2, 0.25) is 0 Å². The van der Waals surface area contributed by atoms with Crippen molar-refractivity contribution in [2.24, 2.45) is 0 Å². The number of morpholine rings is 1. The van der Waals surface area contributed by atoms with E-state index in [-0.39, 0.29) is 11.9 Å². The quantitative estimate of drug-likeness (QED) is 0.664. The van der Waals surface area contributed by atoms with Crippen LogP contribution in [-0.4, -0.2) is 48.6 Å². The number of aryl methyl sites for hydroxylation is 1. The van der Waals surface area contributed by atoms with Crippen molar-refractivity contribution in [1.29, 1.82) is 0 Å². The zero-order valence-electron chi connectivity index (χ0n) is 15.8. The Kier molecular flexibility index (Phi) is 6.17. The monoisotopic (exact) mass is 413 g/mol. The van der Waals surface area contributed by atoms with E-state index in [4.69, 9.17) is 4.74 Å². The van der Waals surface area contributed by atoms with E-state index in [1.807, 2.05) is 37.3 Å². The minimum Gasteiger partial charge on any atom is -0.379 e. The lowest BCUT2D eigenvalue weighted by atomic mass is 10.1. The molecule has 1 fully saturated rings. The molecule has 1 amide bonds. The van der Waals surface area contributed by atoms with E-state index in [0.717, 1.165) is 42.6 Å². The minimum atomic E-state index is -0.0562. The molecule has 7 heteroatoms. The first-order valence-corrected chi connectivity index (χ1v) is 11.1.